The molecule has 8 heteroatoms. The third-order valence-electron chi connectivity index (χ3n) is 3.10. The van der Waals surface area contributed by atoms with Crippen molar-refractivity contribution in [3.8, 4) is 0 Å². The number of thioether (sulfide) groups is 1. The molecule has 1 N–H and O–H groups in total. The van der Waals surface area contributed by atoms with E-state index in [1.54, 1.807) is 37.3 Å². The van der Waals surface area contributed by atoms with Gasteiger partial charge in [0.2, 0.25) is 0 Å². The van der Waals surface area contributed by atoms with Crippen molar-refractivity contribution < 1.29 is 18.7 Å². The van der Waals surface area contributed by atoms with Gasteiger partial charge < -0.3 is 10.1 Å². The number of hydrogen-bond donors (Lipinski definition) is 1. The summed E-state index contributed by atoms with van der Waals surface area (Å²) in [6, 6.07) is 9.41. The first kappa shape index (κ1) is 19.6. The van der Waals surface area contributed by atoms with E-state index in [1.165, 1.54) is 6.07 Å². The Bertz CT molecular complexity index is 801. The topological polar surface area (TPSA) is 55.4 Å². The van der Waals surface area contributed by atoms with Crippen molar-refractivity contribution in [2.75, 3.05) is 17.7 Å². The minimum atomic E-state index is -0.634. The predicted molar refractivity (Wildman–Crippen MR) is 97.9 cm³/mol. The highest BCUT2D eigenvalue weighted by molar-refractivity contribution is 8.00. The first-order chi connectivity index (χ1) is 11.9. The lowest BCUT2D eigenvalue weighted by molar-refractivity contribution is -0.144. The smallest absolute Gasteiger partial charge is 0.316 e. The molecule has 0 saturated carbocycles. The van der Waals surface area contributed by atoms with Crippen molar-refractivity contribution in [2.24, 2.45) is 0 Å². The summed E-state index contributed by atoms with van der Waals surface area (Å²) < 4.78 is 18.3. The lowest BCUT2D eigenvalue weighted by Crippen LogP contribution is -2.22. The van der Waals surface area contributed by atoms with Gasteiger partial charge in [-0.3, -0.25) is 9.59 Å². The average molecular weight is 402 g/mol. The molecule has 25 heavy (non-hydrogen) atoms. The van der Waals surface area contributed by atoms with E-state index in [9.17, 15) is 14.0 Å². The fourth-order valence-corrected chi connectivity index (χ4v) is 3.04. The quantitative estimate of drug-likeness (QED) is 0.562. The van der Waals surface area contributed by atoms with Gasteiger partial charge in [0.1, 0.15) is 5.82 Å². The Morgan fingerprint density at radius 3 is 2.64 bits per heavy atom. The van der Waals surface area contributed by atoms with Gasteiger partial charge in [-0.15, -0.1) is 11.8 Å². The Morgan fingerprint density at radius 2 is 1.92 bits per heavy atom. The van der Waals surface area contributed by atoms with E-state index in [0.717, 1.165) is 17.3 Å². The van der Waals surface area contributed by atoms with Gasteiger partial charge in [0.25, 0.3) is 5.91 Å². The monoisotopic (exact) mass is 401 g/mol. The number of benzene rings is 2. The van der Waals surface area contributed by atoms with Crippen LogP contribution >= 0.6 is 35.0 Å². The summed E-state index contributed by atoms with van der Waals surface area (Å²) >= 11 is 13.1. The lowest BCUT2D eigenvalue weighted by Gasteiger charge is -2.11. The van der Waals surface area contributed by atoms with Crippen LogP contribution in [-0.4, -0.2) is 24.2 Å². The van der Waals surface area contributed by atoms with Crippen molar-refractivity contribution in [3.05, 3.63) is 57.8 Å². The molecule has 0 radical (unpaired) electrons. The van der Waals surface area contributed by atoms with Gasteiger partial charge in [0, 0.05) is 4.90 Å². The molecule has 0 spiro atoms. The van der Waals surface area contributed by atoms with Crippen LogP contribution in [0, 0.1) is 12.7 Å². The van der Waals surface area contributed by atoms with Crippen molar-refractivity contribution >= 4 is 52.5 Å². The molecule has 0 unspecified atom stereocenters. The molecule has 0 heterocycles. The van der Waals surface area contributed by atoms with Gasteiger partial charge in [-0.25, -0.2) is 4.39 Å². The molecule has 2 aromatic carbocycles. The number of nitrogens with one attached hydrogen (secondary N) is 1. The number of rotatable bonds is 6. The standard InChI is InChI=1S/C17H14Cl2FNO3S/c1-10-6-7-11(18)17(16(10)19)21-14(22)8-24-15(23)9-25-13-5-3-2-4-12(13)20/h2-7H,8-9H2,1H3,(H,21,22). The fraction of sp³-hybridized carbons (Fsp3) is 0.176. The molecular weight excluding hydrogens is 388 g/mol. The highest BCUT2D eigenvalue weighted by atomic mass is 35.5. The van der Waals surface area contributed by atoms with Crippen molar-refractivity contribution in [1.82, 2.24) is 0 Å². The minimum absolute atomic E-state index is 0.111. The Kier molecular flexibility index (Phi) is 7.11. The number of carbonyl (C=O) groups excluding carboxylic acids is 2. The Balaban J connectivity index is 1.83. The second kappa shape index (κ2) is 9.08. The first-order valence-corrected chi connectivity index (χ1v) is 8.90. The summed E-state index contributed by atoms with van der Waals surface area (Å²) in [6.07, 6.45) is 0. The van der Waals surface area contributed by atoms with E-state index in [4.69, 9.17) is 27.9 Å². The number of aryl methyl sites for hydroxylation is 1. The summed E-state index contributed by atoms with van der Waals surface area (Å²) in [5, 5.41) is 3.12. The summed E-state index contributed by atoms with van der Waals surface area (Å²) in [5.74, 6) is -1.73. The molecule has 2 aromatic rings. The van der Waals surface area contributed by atoms with Crippen LogP contribution in [0.3, 0.4) is 0 Å². The highest BCUT2D eigenvalue weighted by Gasteiger charge is 2.14. The number of ether oxygens (including phenoxy) is 1. The van der Waals surface area contributed by atoms with E-state index in [0.29, 0.717) is 9.92 Å². The summed E-state index contributed by atoms with van der Waals surface area (Å²) in [5.41, 5.74) is 1.02. The van der Waals surface area contributed by atoms with Crippen molar-refractivity contribution in [3.63, 3.8) is 0 Å². The maximum atomic E-state index is 13.4. The largest absolute Gasteiger partial charge is 0.455 e. The van der Waals surface area contributed by atoms with Crippen LogP contribution in [0.1, 0.15) is 5.56 Å². The number of esters is 1. The van der Waals surface area contributed by atoms with Crippen LogP contribution in [0.5, 0.6) is 0 Å². The molecule has 0 fully saturated rings. The summed E-state index contributed by atoms with van der Waals surface area (Å²) in [7, 11) is 0. The van der Waals surface area contributed by atoms with Gasteiger partial charge in [-0.1, -0.05) is 41.4 Å². The molecule has 0 saturated heterocycles. The van der Waals surface area contributed by atoms with E-state index >= 15 is 0 Å². The zero-order chi connectivity index (χ0) is 18.4. The van der Waals surface area contributed by atoms with Gasteiger partial charge in [0.05, 0.1) is 21.5 Å². The van der Waals surface area contributed by atoms with Crippen LogP contribution in [-0.2, 0) is 14.3 Å². The molecule has 1 amide bonds. The van der Waals surface area contributed by atoms with Crippen molar-refractivity contribution in [1.29, 1.82) is 0 Å². The van der Waals surface area contributed by atoms with Gasteiger partial charge in [-0.2, -0.15) is 0 Å². The summed E-state index contributed by atoms with van der Waals surface area (Å²) in [4.78, 5) is 23.9. The molecule has 2 rings (SSSR count). The SMILES string of the molecule is Cc1ccc(Cl)c(NC(=O)COC(=O)CSc2ccccc2F)c1Cl. The minimum Gasteiger partial charge on any atom is -0.455 e. The zero-order valence-electron chi connectivity index (χ0n) is 13.1. The molecule has 0 aliphatic heterocycles. The third kappa shape index (κ3) is 5.63. The molecule has 0 aliphatic carbocycles. The number of carbonyl (C=O) groups is 2. The normalized spacial score (nSPS) is 10.4. The van der Waals surface area contributed by atoms with Gasteiger partial charge in [-0.05, 0) is 30.7 Å². The van der Waals surface area contributed by atoms with Crippen LogP contribution < -0.4 is 5.32 Å². The molecule has 0 atom stereocenters. The predicted octanol–water partition coefficient (Wildman–Crippen LogP) is 4.71. The second-order valence-electron chi connectivity index (χ2n) is 4.98. The second-order valence-corrected chi connectivity index (χ2v) is 6.78. The zero-order valence-corrected chi connectivity index (χ0v) is 15.5. The Hall–Kier alpha value is -1.76. The van der Waals surface area contributed by atoms with Gasteiger partial charge >= 0.3 is 5.97 Å². The molecule has 4 nitrogen and oxygen atoms in total. The van der Waals surface area contributed by atoms with Crippen LogP contribution in [0.25, 0.3) is 0 Å². The average Bonchev–Trinajstić information content (AvgIpc) is 2.59. The molecule has 0 aliphatic rings. The van der Waals surface area contributed by atoms with E-state index in [1.807, 2.05) is 0 Å². The van der Waals surface area contributed by atoms with Crippen LogP contribution in [0.4, 0.5) is 10.1 Å². The van der Waals surface area contributed by atoms with Crippen molar-refractivity contribution in [2.45, 2.75) is 11.8 Å². The number of halogens is 3. The number of amides is 1. The van der Waals surface area contributed by atoms with E-state index < -0.39 is 24.3 Å². The first-order valence-electron chi connectivity index (χ1n) is 7.16. The van der Waals surface area contributed by atoms with Crippen LogP contribution in [0.2, 0.25) is 10.0 Å². The maximum absolute atomic E-state index is 13.4. The Morgan fingerprint density at radius 1 is 1.20 bits per heavy atom. The molecular formula is C17H14Cl2FNO3S. The van der Waals surface area contributed by atoms with E-state index in [-0.39, 0.29) is 16.5 Å². The maximum Gasteiger partial charge on any atom is 0.316 e. The molecule has 0 bridgehead atoms. The third-order valence-corrected chi connectivity index (χ3v) is 4.92. The van der Waals surface area contributed by atoms with E-state index in [2.05, 4.69) is 5.32 Å². The summed E-state index contributed by atoms with van der Waals surface area (Å²) in [6.45, 7) is 1.28. The fourth-order valence-electron chi connectivity index (χ4n) is 1.83. The van der Waals surface area contributed by atoms with Crippen LogP contribution in [0.15, 0.2) is 41.3 Å². The number of anilines is 1. The lowest BCUT2D eigenvalue weighted by atomic mass is 10.2. The van der Waals surface area contributed by atoms with Gasteiger partial charge in [0.15, 0.2) is 6.61 Å². The Labute approximate surface area is 158 Å². The molecule has 0 aromatic heterocycles. The number of hydrogen-bond acceptors (Lipinski definition) is 4. The molecule has 132 valence electrons. The highest BCUT2D eigenvalue weighted by Crippen LogP contribution is 2.32.